The molecule has 94 heavy (non-hydrogen) atoms. The van der Waals surface area contributed by atoms with Gasteiger partial charge in [-0.25, -0.2) is 48.1 Å². The van der Waals surface area contributed by atoms with Gasteiger partial charge in [0.1, 0.15) is 16.9 Å². The first-order chi connectivity index (χ1) is 46.0. The van der Waals surface area contributed by atoms with Crippen LogP contribution in [0.1, 0.15) is 44.8 Å². The summed E-state index contributed by atoms with van der Waals surface area (Å²) in [6.07, 6.45) is 15.9. The number of nitrogens with zero attached hydrogens (tertiary/aromatic N) is 14. The van der Waals surface area contributed by atoms with Crippen molar-refractivity contribution in [3.05, 3.63) is 270 Å². The molecule has 0 aliphatic carbocycles. The van der Waals surface area contributed by atoms with E-state index >= 15 is 0 Å². The van der Waals surface area contributed by atoms with E-state index in [1.54, 1.807) is 80.8 Å². The molecular weight excluding hydrogens is 1200 g/mol. The summed E-state index contributed by atoms with van der Waals surface area (Å²) in [6.45, 7) is 11.5. The Labute approximate surface area is 540 Å². The van der Waals surface area contributed by atoms with Crippen LogP contribution in [0.2, 0.25) is 0 Å². The number of hydrogen-bond acceptors (Lipinski definition) is 19. The number of aromatic nitrogens is 9. The minimum absolute atomic E-state index is 0.191. The van der Waals surface area contributed by atoms with Crippen molar-refractivity contribution in [2.45, 2.75) is 53.5 Å². The van der Waals surface area contributed by atoms with E-state index in [4.69, 9.17) is 23.7 Å². The molecule has 0 saturated carbocycles. The second-order valence-corrected chi connectivity index (χ2v) is 22.4. The third-order valence-electron chi connectivity index (χ3n) is 15.9. The highest BCUT2D eigenvalue weighted by Gasteiger charge is 2.25. The quantitative estimate of drug-likeness (QED) is 0.159. The Morgan fingerprint density at radius 1 is 0.340 bits per heavy atom. The van der Waals surface area contributed by atoms with Crippen molar-refractivity contribution in [2.24, 2.45) is 0 Å². The van der Waals surface area contributed by atoms with E-state index in [0.717, 1.165) is 127 Å². The van der Waals surface area contributed by atoms with Gasteiger partial charge in [-0.05, 0) is 111 Å². The molecule has 19 nitrogen and oxygen atoms in total. The lowest BCUT2D eigenvalue weighted by Gasteiger charge is -2.31. The highest BCUT2D eigenvalue weighted by molar-refractivity contribution is 5.87. The molecule has 0 N–H and O–H groups in total. The van der Waals surface area contributed by atoms with Crippen molar-refractivity contribution in [1.82, 2.24) is 44.9 Å². The van der Waals surface area contributed by atoms with Gasteiger partial charge in [-0.3, -0.25) is 9.97 Å². The van der Waals surface area contributed by atoms with E-state index in [2.05, 4.69) is 72.9 Å². The van der Waals surface area contributed by atoms with E-state index in [1.165, 1.54) is 6.07 Å². The van der Waals surface area contributed by atoms with Crippen LogP contribution in [0.15, 0.2) is 207 Å². The van der Waals surface area contributed by atoms with Gasteiger partial charge in [0.05, 0.1) is 31.5 Å². The van der Waals surface area contributed by atoms with Crippen LogP contribution in [-0.4, -0.2) is 78.5 Å². The summed E-state index contributed by atoms with van der Waals surface area (Å²) >= 11 is 0. The zero-order chi connectivity index (χ0) is 64.3. The lowest BCUT2D eigenvalue weighted by molar-refractivity contribution is 0.275. The van der Waals surface area contributed by atoms with Gasteiger partial charge in [-0.1, -0.05) is 60.7 Å². The van der Waals surface area contributed by atoms with Crippen LogP contribution in [-0.2, 0) is 32.7 Å². The predicted octanol–water partition coefficient (Wildman–Crippen LogP) is 13.4. The van der Waals surface area contributed by atoms with Gasteiger partial charge in [-0.15, -0.1) is 0 Å². The molecular formula is C72H63F3N14O5. The van der Waals surface area contributed by atoms with Crippen LogP contribution >= 0.6 is 0 Å². The van der Waals surface area contributed by atoms with Gasteiger partial charge < -0.3 is 48.2 Å². The molecule has 0 bridgehead atoms. The maximum Gasteiger partial charge on any atom is 0.228 e. The Kier molecular flexibility index (Phi) is 18.4. The fraction of sp³-hybridized carbons (Fsp3) is 0.181. The lowest BCUT2D eigenvalue weighted by atomic mass is 10.1. The monoisotopic (exact) mass is 1260 g/mol. The molecule has 8 aromatic heterocycles. The maximum atomic E-state index is 13.8. The summed E-state index contributed by atoms with van der Waals surface area (Å²) < 4.78 is 68.9. The van der Waals surface area contributed by atoms with E-state index in [0.29, 0.717) is 63.1 Å². The molecule has 22 heteroatoms. The van der Waals surface area contributed by atoms with Crippen molar-refractivity contribution in [2.75, 3.05) is 58.2 Å². The molecule has 0 amide bonds. The van der Waals surface area contributed by atoms with Crippen molar-refractivity contribution >= 4 is 50.5 Å². The summed E-state index contributed by atoms with van der Waals surface area (Å²) in [5.41, 5.74) is 13.2. The van der Waals surface area contributed by atoms with Crippen LogP contribution < -0.4 is 48.2 Å². The van der Waals surface area contributed by atoms with Gasteiger partial charge in [0.15, 0.2) is 56.8 Å². The first-order valence-electron chi connectivity index (χ1n) is 30.3. The number of aryl methyl sites for hydroxylation is 3. The average molecular weight is 1260 g/mol. The first kappa shape index (κ1) is 61.2. The van der Waals surface area contributed by atoms with E-state index in [-0.39, 0.29) is 12.5 Å². The summed E-state index contributed by atoms with van der Waals surface area (Å²) in [6, 6.07) is 46.8. The third kappa shape index (κ3) is 14.2. The van der Waals surface area contributed by atoms with Crippen molar-refractivity contribution in [3.8, 4) is 29.1 Å². The van der Waals surface area contributed by atoms with Crippen LogP contribution in [0.4, 0.5) is 41.9 Å². The van der Waals surface area contributed by atoms with Crippen molar-refractivity contribution < 1.29 is 36.9 Å². The molecule has 0 fully saturated rings. The molecule has 13 heterocycles. The van der Waals surface area contributed by atoms with Gasteiger partial charge in [0.25, 0.3) is 0 Å². The number of benzene rings is 4. The topological polar surface area (TPSA) is 178 Å². The van der Waals surface area contributed by atoms with Gasteiger partial charge in [0, 0.05) is 136 Å². The lowest BCUT2D eigenvalue weighted by Crippen LogP contribution is -2.33. The van der Waals surface area contributed by atoms with Crippen LogP contribution in [0.5, 0.6) is 29.1 Å². The molecule has 17 rings (SSSR count). The Morgan fingerprint density at radius 3 is 1.31 bits per heavy atom. The Balaban J connectivity index is 0.000000108. The molecule has 5 aliphatic rings. The smallest absolute Gasteiger partial charge is 0.228 e. The number of ether oxygens (including phenoxy) is 5. The molecule has 12 aromatic rings. The zero-order valence-electron chi connectivity index (χ0n) is 51.6. The van der Waals surface area contributed by atoms with Gasteiger partial charge >= 0.3 is 0 Å². The molecule has 4 aromatic carbocycles. The van der Waals surface area contributed by atoms with Crippen LogP contribution in [0.3, 0.4) is 0 Å². The minimum atomic E-state index is -0.857. The minimum Gasteiger partial charge on any atom is -0.470 e. The molecule has 0 atom stereocenters. The number of fused-ring (bicyclic) bond motifs is 9. The molecule has 0 unspecified atom stereocenters. The molecule has 472 valence electrons. The molecule has 0 radical (unpaired) electrons. The largest absolute Gasteiger partial charge is 0.470 e. The molecule has 0 spiro atoms. The third-order valence-corrected chi connectivity index (χ3v) is 15.9. The summed E-state index contributed by atoms with van der Waals surface area (Å²) in [5, 5.41) is 2.10. The average Bonchev–Trinajstić information content (AvgIpc) is 0.801. The summed E-state index contributed by atoms with van der Waals surface area (Å²) in [5.74, 6) is 2.58. The van der Waals surface area contributed by atoms with Gasteiger partial charge in [-0.2, -0.15) is 0 Å². The highest BCUT2D eigenvalue weighted by Crippen LogP contribution is 2.37. The standard InChI is InChI=1S/C19H17FN2O.C18H14F2N2O.2C12H11N3O.C11H10N4O/c1-12-3-8-16(9-17(12)20)22-10-15-7-6-14-5-4-13(2)21-18(14)19(15)23-11-22;1-11-2-3-12-4-5-13-9-22(10-23-18(13)17(12)21-11)14-6-7-15(19)16(20)8-14;1-3-10-8-15(9-16-12(10)14-6-1)11-4-2-5-13-7-11;1-2-10-8-15(9-16-12(10)14-5-1)11-3-6-13-7-4-11;1-3-9-7-15(8-16-10(9)12-4-1)11-13-5-2-6-14-11/h3-9H,10-11H2,1-2H3;2-8H,9-10H2,1H3;2*1-7H,8-9H2;1-6H,7-8H2. The number of hydrogen-bond donors (Lipinski definition) is 0. The Morgan fingerprint density at radius 2 is 0.787 bits per heavy atom. The fourth-order valence-electron chi connectivity index (χ4n) is 11.0. The second kappa shape index (κ2) is 28.2. The normalized spacial score (nSPS) is 14.0. The van der Waals surface area contributed by atoms with Crippen LogP contribution in [0, 0.1) is 38.2 Å². The molecule has 5 aliphatic heterocycles. The number of pyridine rings is 7. The highest BCUT2D eigenvalue weighted by atomic mass is 19.2. The van der Waals surface area contributed by atoms with E-state index in [9.17, 15) is 13.2 Å². The zero-order valence-corrected chi connectivity index (χ0v) is 51.6. The summed E-state index contributed by atoms with van der Waals surface area (Å²) in [4.78, 5) is 48.3. The predicted molar refractivity (Wildman–Crippen MR) is 352 cm³/mol. The Hall–Kier alpha value is -11.7. The van der Waals surface area contributed by atoms with Crippen LogP contribution in [0.25, 0.3) is 21.8 Å². The fourth-order valence-corrected chi connectivity index (χ4v) is 11.0. The van der Waals surface area contributed by atoms with Crippen molar-refractivity contribution in [1.29, 1.82) is 0 Å². The Bertz CT molecular complexity index is 4240. The van der Waals surface area contributed by atoms with Gasteiger partial charge in [0.2, 0.25) is 23.6 Å². The maximum absolute atomic E-state index is 13.8. The SMILES string of the molecule is Cc1ccc2ccc3c(c2n1)OCN(c1ccc(C)c(F)c1)C3.Cc1ccc2ccc3c(c2n1)OCN(c1ccc(F)c(F)c1)C3.c1cnc(N2COc3ncccc3C2)nc1.c1cnc2c(c1)CN(c1ccncc1)CO2.c1cncc(N2COc3ncccc3C2)c1. The molecule has 0 saturated heterocycles. The summed E-state index contributed by atoms with van der Waals surface area (Å²) in [7, 11) is 0. The number of rotatable bonds is 5. The number of halogens is 3. The van der Waals surface area contributed by atoms with E-state index < -0.39 is 11.6 Å². The second-order valence-electron chi connectivity index (χ2n) is 22.4. The van der Waals surface area contributed by atoms with Crippen molar-refractivity contribution in [3.63, 3.8) is 0 Å². The number of anilines is 5. The van der Waals surface area contributed by atoms with E-state index in [1.807, 2.05) is 132 Å². The first-order valence-corrected chi connectivity index (χ1v) is 30.3.